The van der Waals surface area contributed by atoms with Crippen LogP contribution in [0.15, 0.2) is 86.7 Å². The smallest absolute Gasteiger partial charge is 0.275 e. The maximum atomic E-state index is 13.5. The Bertz CT molecular complexity index is 1700. The Labute approximate surface area is 214 Å². The summed E-state index contributed by atoms with van der Waals surface area (Å²) in [6.07, 6.45) is 1.62. The van der Waals surface area contributed by atoms with Crippen LogP contribution in [-0.2, 0) is 11.3 Å². The molecule has 0 saturated heterocycles. The molecule has 0 radical (unpaired) electrons. The predicted octanol–water partition coefficient (Wildman–Crippen LogP) is 6.21. The molecule has 10 heteroatoms. The van der Waals surface area contributed by atoms with Gasteiger partial charge >= 0.3 is 0 Å². The van der Waals surface area contributed by atoms with E-state index in [1.807, 2.05) is 48.7 Å². The average molecular weight is 516 g/mol. The highest BCUT2D eigenvalue weighted by molar-refractivity contribution is 7.99. The number of fused-ring (bicyclic) bond motifs is 2. The zero-order valence-corrected chi connectivity index (χ0v) is 20.9. The van der Waals surface area contributed by atoms with E-state index in [1.165, 1.54) is 15.9 Å². The van der Waals surface area contributed by atoms with Crippen LogP contribution >= 0.6 is 23.1 Å². The molecule has 0 atom stereocenters. The molecule has 0 aliphatic carbocycles. The molecule has 180 valence electrons. The topological polar surface area (TPSA) is 113 Å². The lowest BCUT2D eigenvalue weighted by Gasteiger charge is -2.10. The third kappa shape index (κ3) is 4.48. The second-order valence-electron chi connectivity index (χ2n) is 8.04. The summed E-state index contributed by atoms with van der Waals surface area (Å²) in [6.45, 7) is 6.03. The van der Waals surface area contributed by atoms with Gasteiger partial charge in [0.05, 0.1) is 16.7 Å². The third-order valence-corrected chi connectivity index (χ3v) is 7.41. The van der Waals surface area contributed by atoms with Crippen LogP contribution in [0.2, 0.25) is 0 Å². The molecule has 0 unspecified atom stereocenters. The summed E-state index contributed by atoms with van der Waals surface area (Å²) < 4.78 is 1.51. The molecular formula is C26H21N5O3S2. The van der Waals surface area contributed by atoms with E-state index in [2.05, 4.69) is 26.8 Å². The number of para-hydroxylation sites is 1. The second-order valence-corrected chi connectivity index (χ2v) is 9.85. The first-order valence-electron chi connectivity index (χ1n) is 11.0. The largest absolute Gasteiger partial charge is 0.493 e. The fourth-order valence-electron chi connectivity index (χ4n) is 3.83. The minimum Gasteiger partial charge on any atom is -0.493 e. The van der Waals surface area contributed by atoms with Gasteiger partial charge in [0, 0.05) is 22.9 Å². The molecule has 2 N–H and O–H groups in total. The molecule has 2 aromatic carbocycles. The number of carbonyl (C=O) groups excluding carboxylic acids is 1. The summed E-state index contributed by atoms with van der Waals surface area (Å²) in [7, 11) is 0. The standard InChI is InChI=1S/C26H21N5O3S2/c1-3-12-31-25(34)21-18(16-10-8-15(2)9-11-16)13-35-24(21)28-26(31)36-14-20(32)29-30-22-17-6-4-5-7-19(17)27-23(22)33/h3-11,13,27,33H,1,12,14H2,2H3. The number of nitrogens with one attached hydrogen (secondary N) is 1. The number of benzene rings is 2. The van der Waals surface area contributed by atoms with Crippen molar-refractivity contribution in [3.63, 3.8) is 0 Å². The highest BCUT2D eigenvalue weighted by Crippen LogP contribution is 2.35. The minimum atomic E-state index is -0.518. The molecule has 0 bridgehead atoms. The Kier molecular flexibility index (Phi) is 6.53. The van der Waals surface area contributed by atoms with Crippen molar-refractivity contribution in [2.45, 2.75) is 18.6 Å². The number of allylic oxidation sites excluding steroid dienone is 1. The number of hydrogen-bond acceptors (Lipinski definition) is 7. The summed E-state index contributed by atoms with van der Waals surface area (Å²) in [5, 5.41) is 21.4. The normalized spacial score (nSPS) is 11.6. The van der Waals surface area contributed by atoms with Gasteiger partial charge in [-0.3, -0.25) is 14.2 Å². The Balaban J connectivity index is 1.42. The number of thiophene rings is 1. The zero-order chi connectivity index (χ0) is 25.2. The van der Waals surface area contributed by atoms with Gasteiger partial charge in [-0.15, -0.1) is 28.1 Å². The molecule has 5 aromatic rings. The Morgan fingerprint density at radius 2 is 2.03 bits per heavy atom. The van der Waals surface area contributed by atoms with Crippen LogP contribution in [0.1, 0.15) is 5.56 Å². The summed E-state index contributed by atoms with van der Waals surface area (Å²) in [4.78, 5) is 34.0. The zero-order valence-electron chi connectivity index (χ0n) is 19.3. The fraction of sp³-hybridized carbons (Fsp3) is 0.115. The van der Waals surface area contributed by atoms with Crippen LogP contribution in [0.5, 0.6) is 5.88 Å². The van der Waals surface area contributed by atoms with E-state index in [9.17, 15) is 14.7 Å². The van der Waals surface area contributed by atoms with Crippen LogP contribution in [0.3, 0.4) is 0 Å². The lowest BCUT2D eigenvalue weighted by Crippen LogP contribution is -2.23. The molecule has 1 amide bonds. The van der Waals surface area contributed by atoms with Crippen LogP contribution in [0, 0.1) is 6.92 Å². The molecule has 0 saturated carbocycles. The van der Waals surface area contributed by atoms with Gasteiger partial charge in [-0.1, -0.05) is 65.9 Å². The molecule has 0 spiro atoms. The van der Waals surface area contributed by atoms with Gasteiger partial charge in [-0.05, 0) is 18.6 Å². The van der Waals surface area contributed by atoms with E-state index in [0.29, 0.717) is 26.3 Å². The van der Waals surface area contributed by atoms with Crippen LogP contribution in [0.25, 0.3) is 32.2 Å². The number of azo groups is 1. The van der Waals surface area contributed by atoms with E-state index in [4.69, 9.17) is 0 Å². The Hall–Kier alpha value is -4.02. The first kappa shape index (κ1) is 23.7. The Morgan fingerprint density at radius 1 is 1.25 bits per heavy atom. The van der Waals surface area contributed by atoms with E-state index in [0.717, 1.165) is 28.5 Å². The van der Waals surface area contributed by atoms with Gasteiger partial charge in [-0.2, -0.15) is 0 Å². The molecule has 0 fully saturated rings. The lowest BCUT2D eigenvalue weighted by molar-refractivity contribution is -0.115. The molecule has 5 rings (SSSR count). The number of thioether (sulfide) groups is 1. The Morgan fingerprint density at radius 3 is 2.81 bits per heavy atom. The quantitative estimate of drug-likeness (QED) is 0.116. The number of hydrogen-bond donors (Lipinski definition) is 2. The van der Waals surface area contributed by atoms with Gasteiger partial charge in [0.1, 0.15) is 4.83 Å². The number of rotatable bonds is 7. The van der Waals surface area contributed by atoms with Gasteiger partial charge < -0.3 is 10.1 Å². The number of aromatic nitrogens is 3. The third-order valence-electron chi connectivity index (χ3n) is 5.58. The molecule has 36 heavy (non-hydrogen) atoms. The SMILES string of the molecule is C=CCn1c(SCC(=O)N=Nc2c(O)[nH]c3ccccc23)nc2scc(-c3ccc(C)cc3)c2c1=O. The maximum absolute atomic E-state index is 13.5. The first-order chi connectivity index (χ1) is 17.5. The average Bonchev–Trinajstić information content (AvgIpc) is 3.44. The number of H-pyrrole nitrogens is 1. The number of aromatic hydroxyl groups is 1. The number of amides is 1. The number of aromatic amines is 1. The molecular weight excluding hydrogens is 494 g/mol. The summed E-state index contributed by atoms with van der Waals surface area (Å²) in [5.74, 6) is -0.747. The van der Waals surface area contributed by atoms with Crippen LogP contribution < -0.4 is 5.56 Å². The van der Waals surface area contributed by atoms with Gasteiger partial charge in [0.2, 0.25) is 5.88 Å². The number of nitrogens with zero attached hydrogens (tertiary/aromatic N) is 4. The van der Waals surface area contributed by atoms with E-state index in [-0.39, 0.29) is 29.4 Å². The monoisotopic (exact) mass is 515 g/mol. The van der Waals surface area contributed by atoms with Crippen molar-refractivity contribution in [1.29, 1.82) is 0 Å². The molecule has 3 heterocycles. The van der Waals surface area contributed by atoms with Gasteiger partial charge in [0.25, 0.3) is 11.5 Å². The molecule has 0 aliphatic rings. The summed E-state index contributed by atoms with van der Waals surface area (Å²) >= 11 is 2.51. The first-order valence-corrected chi connectivity index (χ1v) is 12.9. The minimum absolute atomic E-state index is 0.0715. The second kappa shape index (κ2) is 9.92. The van der Waals surface area contributed by atoms with Crippen molar-refractivity contribution in [1.82, 2.24) is 14.5 Å². The van der Waals surface area contributed by atoms with Crippen molar-refractivity contribution in [3.05, 3.63) is 82.5 Å². The van der Waals surface area contributed by atoms with Crippen LogP contribution in [-0.4, -0.2) is 31.3 Å². The van der Waals surface area contributed by atoms with Gasteiger partial charge in [0.15, 0.2) is 10.8 Å². The van der Waals surface area contributed by atoms with E-state index in [1.54, 1.807) is 18.2 Å². The van der Waals surface area contributed by atoms with Crippen molar-refractivity contribution < 1.29 is 9.90 Å². The van der Waals surface area contributed by atoms with E-state index >= 15 is 0 Å². The van der Waals surface area contributed by atoms with Crippen molar-refractivity contribution >= 4 is 55.8 Å². The highest BCUT2D eigenvalue weighted by atomic mass is 32.2. The van der Waals surface area contributed by atoms with Crippen molar-refractivity contribution in [2.24, 2.45) is 10.2 Å². The predicted molar refractivity (Wildman–Crippen MR) is 144 cm³/mol. The molecule has 3 aromatic heterocycles. The van der Waals surface area contributed by atoms with Crippen LogP contribution in [0.4, 0.5) is 5.69 Å². The molecule has 0 aliphatic heterocycles. The highest BCUT2D eigenvalue weighted by Gasteiger charge is 2.18. The molecule has 8 nitrogen and oxygen atoms in total. The van der Waals surface area contributed by atoms with Crippen molar-refractivity contribution in [3.8, 4) is 17.0 Å². The summed E-state index contributed by atoms with van der Waals surface area (Å²) in [5.41, 5.74) is 3.64. The van der Waals surface area contributed by atoms with E-state index < -0.39 is 5.91 Å². The lowest BCUT2D eigenvalue weighted by atomic mass is 10.1. The maximum Gasteiger partial charge on any atom is 0.275 e. The van der Waals surface area contributed by atoms with Crippen molar-refractivity contribution in [2.75, 3.05) is 5.75 Å². The fourth-order valence-corrected chi connectivity index (χ4v) is 5.60. The number of aryl methyl sites for hydroxylation is 1. The number of carbonyl (C=O) groups is 1. The summed E-state index contributed by atoms with van der Waals surface area (Å²) in [6, 6.07) is 15.2. The van der Waals surface area contributed by atoms with Gasteiger partial charge in [-0.25, -0.2) is 4.98 Å².